The van der Waals surface area contributed by atoms with E-state index in [9.17, 15) is 0 Å². The molecule has 28 heavy (non-hydrogen) atoms. The van der Waals surface area contributed by atoms with Crippen molar-refractivity contribution < 1.29 is 4.74 Å². The molecular weight excluding hydrogens is 344 g/mol. The van der Waals surface area contributed by atoms with Crippen LogP contribution in [-0.4, -0.2) is 4.98 Å². The highest BCUT2D eigenvalue weighted by Crippen LogP contribution is 2.52. The van der Waals surface area contributed by atoms with Crippen LogP contribution in [-0.2, 0) is 5.41 Å². The highest BCUT2D eigenvalue weighted by molar-refractivity contribution is 5.88. The largest absolute Gasteiger partial charge is 0.453 e. The van der Waals surface area contributed by atoms with Gasteiger partial charge in [-0.25, -0.2) is 0 Å². The number of nitrogens with zero attached hydrogens (tertiary/aromatic N) is 2. The van der Waals surface area contributed by atoms with Gasteiger partial charge in [0.05, 0.1) is 17.6 Å². The first-order valence-corrected chi connectivity index (χ1v) is 9.82. The highest BCUT2D eigenvalue weighted by atomic mass is 16.5. The van der Waals surface area contributed by atoms with E-state index in [1.165, 1.54) is 27.9 Å². The van der Waals surface area contributed by atoms with Gasteiger partial charge in [0.15, 0.2) is 11.5 Å². The molecule has 0 N–H and O–H groups in total. The molecular formula is C25H28N2O. The number of aryl methyl sites for hydroxylation is 4. The van der Waals surface area contributed by atoms with Crippen LogP contribution < -0.4 is 9.64 Å². The Hall–Kier alpha value is -2.81. The Bertz CT molecular complexity index is 1050. The van der Waals surface area contributed by atoms with Gasteiger partial charge in [0, 0.05) is 11.8 Å². The Morgan fingerprint density at radius 1 is 0.821 bits per heavy atom. The van der Waals surface area contributed by atoms with Crippen molar-refractivity contribution in [2.45, 2.75) is 53.9 Å². The van der Waals surface area contributed by atoms with Crippen molar-refractivity contribution in [3.05, 3.63) is 70.5 Å². The van der Waals surface area contributed by atoms with Crippen LogP contribution in [0.5, 0.6) is 11.5 Å². The lowest BCUT2D eigenvalue weighted by atomic mass is 9.84. The van der Waals surface area contributed by atoms with Crippen molar-refractivity contribution in [1.29, 1.82) is 0 Å². The molecule has 0 spiro atoms. The van der Waals surface area contributed by atoms with Crippen molar-refractivity contribution in [3.8, 4) is 11.5 Å². The molecule has 0 bridgehead atoms. The van der Waals surface area contributed by atoms with Gasteiger partial charge in [0.1, 0.15) is 5.69 Å². The van der Waals surface area contributed by atoms with Crippen LogP contribution in [0.25, 0.3) is 0 Å². The molecule has 0 atom stereocenters. The molecule has 3 aromatic rings. The van der Waals surface area contributed by atoms with Crippen LogP contribution in [0.2, 0.25) is 0 Å². The summed E-state index contributed by atoms with van der Waals surface area (Å²) >= 11 is 0. The summed E-state index contributed by atoms with van der Waals surface area (Å²) in [6.45, 7) is 15.3. The number of pyridine rings is 1. The maximum absolute atomic E-state index is 6.24. The molecule has 144 valence electrons. The molecule has 3 nitrogen and oxygen atoms in total. The number of hydrogen-bond donors (Lipinski definition) is 0. The summed E-state index contributed by atoms with van der Waals surface area (Å²) in [6.07, 6.45) is 1.92. The summed E-state index contributed by atoms with van der Waals surface area (Å²) in [4.78, 5) is 6.87. The van der Waals surface area contributed by atoms with Gasteiger partial charge in [-0.3, -0.25) is 4.98 Å². The summed E-state index contributed by atoms with van der Waals surface area (Å²) in [7, 11) is 0. The predicted octanol–water partition coefficient (Wildman–Crippen LogP) is 7.19. The average molecular weight is 373 g/mol. The molecule has 0 radical (unpaired) electrons. The Morgan fingerprint density at radius 2 is 1.50 bits per heavy atom. The van der Waals surface area contributed by atoms with E-state index in [0.717, 1.165) is 28.6 Å². The topological polar surface area (TPSA) is 25.4 Å². The zero-order chi connectivity index (χ0) is 20.2. The molecule has 1 aliphatic rings. The van der Waals surface area contributed by atoms with Gasteiger partial charge in [-0.2, -0.15) is 0 Å². The fourth-order valence-corrected chi connectivity index (χ4v) is 3.90. The molecule has 2 heterocycles. The van der Waals surface area contributed by atoms with Crippen molar-refractivity contribution in [2.24, 2.45) is 0 Å². The number of hydrogen-bond acceptors (Lipinski definition) is 3. The smallest absolute Gasteiger partial charge is 0.154 e. The molecule has 2 aromatic carbocycles. The average Bonchev–Trinajstić information content (AvgIpc) is 2.60. The number of fused-ring (bicyclic) bond motifs is 2. The quantitative estimate of drug-likeness (QED) is 0.353. The molecule has 0 unspecified atom stereocenters. The van der Waals surface area contributed by atoms with Gasteiger partial charge in [0.25, 0.3) is 0 Å². The number of rotatable bonds is 1. The lowest BCUT2D eigenvalue weighted by Crippen LogP contribution is -2.20. The molecule has 0 aliphatic carbocycles. The lowest BCUT2D eigenvalue weighted by molar-refractivity contribution is 0.475. The fraction of sp³-hybridized carbons (Fsp3) is 0.320. The predicted molar refractivity (Wildman–Crippen MR) is 117 cm³/mol. The van der Waals surface area contributed by atoms with Crippen molar-refractivity contribution in [3.63, 3.8) is 0 Å². The first-order valence-electron chi connectivity index (χ1n) is 9.82. The van der Waals surface area contributed by atoms with Crippen molar-refractivity contribution in [2.75, 3.05) is 4.90 Å². The molecule has 0 amide bonds. The number of anilines is 3. The molecule has 0 saturated heterocycles. The molecule has 0 saturated carbocycles. The lowest BCUT2D eigenvalue weighted by Gasteiger charge is -2.35. The van der Waals surface area contributed by atoms with Crippen LogP contribution in [0.15, 0.2) is 42.6 Å². The van der Waals surface area contributed by atoms with E-state index in [0.29, 0.717) is 0 Å². The monoisotopic (exact) mass is 372 g/mol. The third kappa shape index (κ3) is 3.05. The summed E-state index contributed by atoms with van der Waals surface area (Å²) in [5, 5.41) is 0. The number of ether oxygens (including phenoxy) is 1. The molecule has 3 heteroatoms. The van der Waals surface area contributed by atoms with E-state index >= 15 is 0 Å². The minimum atomic E-state index is 0.115. The van der Waals surface area contributed by atoms with Crippen LogP contribution in [0.1, 0.15) is 48.7 Å². The Balaban J connectivity index is 1.99. The molecule has 1 aliphatic heterocycles. The number of aromatic nitrogens is 1. The minimum absolute atomic E-state index is 0.115. The second-order valence-corrected chi connectivity index (χ2v) is 8.91. The SMILES string of the molecule is Cc1ccc2c(c1)N(c1c(C)cc(C(C)(C)C)cc1C)c1cnc(C)cc1O2. The summed E-state index contributed by atoms with van der Waals surface area (Å²) in [5.74, 6) is 1.73. The van der Waals surface area contributed by atoms with Gasteiger partial charge in [0.2, 0.25) is 0 Å². The van der Waals surface area contributed by atoms with E-state index in [-0.39, 0.29) is 5.41 Å². The summed E-state index contributed by atoms with van der Waals surface area (Å²) < 4.78 is 6.24. The van der Waals surface area contributed by atoms with Crippen LogP contribution in [0, 0.1) is 27.7 Å². The van der Waals surface area contributed by atoms with Crippen molar-refractivity contribution in [1.82, 2.24) is 4.98 Å². The van der Waals surface area contributed by atoms with E-state index < -0.39 is 0 Å². The van der Waals surface area contributed by atoms with Gasteiger partial charge < -0.3 is 9.64 Å². The van der Waals surface area contributed by atoms with Gasteiger partial charge >= 0.3 is 0 Å². The first kappa shape index (κ1) is 18.5. The van der Waals surface area contributed by atoms with Crippen LogP contribution in [0.3, 0.4) is 0 Å². The van der Waals surface area contributed by atoms with Crippen molar-refractivity contribution >= 4 is 17.1 Å². The second-order valence-electron chi connectivity index (χ2n) is 8.91. The van der Waals surface area contributed by atoms with Crippen LogP contribution >= 0.6 is 0 Å². The third-order valence-electron chi connectivity index (χ3n) is 5.38. The Morgan fingerprint density at radius 3 is 2.14 bits per heavy atom. The number of benzene rings is 2. The Kier molecular flexibility index (Phi) is 4.22. The summed E-state index contributed by atoms with van der Waals surface area (Å²) in [5.41, 5.74) is 9.39. The third-order valence-corrected chi connectivity index (χ3v) is 5.38. The Labute approximate surface area is 168 Å². The van der Waals surface area contributed by atoms with E-state index in [4.69, 9.17) is 4.74 Å². The highest BCUT2D eigenvalue weighted by Gasteiger charge is 2.29. The second kappa shape index (κ2) is 6.37. The standard InChI is InChI=1S/C25H28N2O/c1-15-8-9-22-20(10-15)27(21-14-26-18(4)13-23(21)28-22)24-16(2)11-19(12-17(24)3)25(5,6)7/h8-14H,1-7H3. The van der Waals surface area contributed by atoms with Gasteiger partial charge in [-0.1, -0.05) is 39.0 Å². The minimum Gasteiger partial charge on any atom is -0.453 e. The zero-order valence-corrected chi connectivity index (χ0v) is 17.8. The van der Waals surface area contributed by atoms with E-state index in [2.05, 4.69) is 81.8 Å². The first-order chi connectivity index (χ1) is 13.1. The van der Waals surface area contributed by atoms with E-state index in [1.807, 2.05) is 19.2 Å². The normalized spacial score (nSPS) is 13.0. The molecule has 0 fully saturated rings. The fourth-order valence-electron chi connectivity index (χ4n) is 3.90. The zero-order valence-electron chi connectivity index (χ0n) is 17.8. The van der Waals surface area contributed by atoms with Gasteiger partial charge in [-0.15, -0.1) is 0 Å². The molecule has 1 aromatic heterocycles. The van der Waals surface area contributed by atoms with E-state index in [1.54, 1.807) is 0 Å². The van der Waals surface area contributed by atoms with Crippen LogP contribution in [0.4, 0.5) is 17.1 Å². The van der Waals surface area contributed by atoms with Gasteiger partial charge in [-0.05, 0) is 67.5 Å². The maximum Gasteiger partial charge on any atom is 0.154 e. The summed E-state index contributed by atoms with van der Waals surface area (Å²) in [6, 6.07) is 13.0. The molecule has 4 rings (SSSR count). The maximum atomic E-state index is 6.24.